The van der Waals surface area contributed by atoms with Gasteiger partial charge in [-0.2, -0.15) is 0 Å². The summed E-state index contributed by atoms with van der Waals surface area (Å²) < 4.78 is 0. The lowest BCUT2D eigenvalue weighted by molar-refractivity contribution is -0.139. The van der Waals surface area contributed by atoms with E-state index in [4.69, 9.17) is 16.7 Å². The smallest absolute Gasteiger partial charge is 0.317 e. The Kier molecular flexibility index (Phi) is 4.59. The largest absolute Gasteiger partial charge is 0.506 e. The molecule has 0 atom stereocenters. The fraction of sp³-hybridized carbons (Fsp3) is 0.462. The Balaban J connectivity index is 2.89. The van der Waals surface area contributed by atoms with E-state index in [1.165, 1.54) is 6.07 Å². The Labute approximate surface area is 112 Å². The SMILES string of the molecule is CC(C)(C)N(CC(=O)O)Cc1ccc(O)c(Cl)c1. The summed E-state index contributed by atoms with van der Waals surface area (Å²) in [5, 5.41) is 18.5. The number of aromatic hydroxyl groups is 1. The number of carboxylic acids is 1. The van der Waals surface area contributed by atoms with E-state index >= 15 is 0 Å². The second-order valence-corrected chi connectivity index (χ2v) is 5.61. The number of nitrogens with zero attached hydrogens (tertiary/aromatic N) is 1. The molecule has 0 fully saturated rings. The summed E-state index contributed by atoms with van der Waals surface area (Å²) in [6.07, 6.45) is 0. The third-order valence-corrected chi connectivity index (χ3v) is 2.96. The molecule has 0 unspecified atom stereocenters. The molecule has 100 valence electrons. The highest BCUT2D eigenvalue weighted by Crippen LogP contribution is 2.25. The summed E-state index contributed by atoms with van der Waals surface area (Å²) in [5.74, 6) is -0.837. The van der Waals surface area contributed by atoms with E-state index in [0.717, 1.165) is 5.56 Å². The average Bonchev–Trinajstić information content (AvgIpc) is 2.20. The lowest BCUT2D eigenvalue weighted by Crippen LogP contribution is -2.43. The van der Waals surface area contributed by atoms with Gasteiger partial charge in [-0.25, -0.2) is 0 Å². The van der Waals surface area contributed by atoms with E-state index in [2.05, 4.69) is 0 Å². The maximum Gasteiger partial charge on any atom is 0.317 e. The van der Waals surface area contributed by atoms with Crippen molar-refractivity contribution in [3.63, 3.8) is 0 Å². The van der Waals surface area contributed by atoms with Crippen molar-refractivity contribution in [2.75, 3.05) is 6.54 Å². The molecule has 0 aliphatic rings. The van der Waals surface area contributed by atoms with E-state index in [1.807, 2.05) is 25.7 Å². The molecule has 1 aromatic carbocycles. The molecule has 0 amide bonds. The number of carbonyl (C=O) groups is 1. The highest BCUT2D eigenvalue weighted by molar-refractivity contribution is 6.32. The molecule has 4 nitrogen and oxygen atoms in total. The Morgan fingerprint density at radius 2 is 2.00 bits per heavy atom. The second kappa shape index (κ2) is 5.59. The molecule has 0 aromatic heterocycles. The van der Waals surface area contributed by atoms with E-state index in [1.54, 1.807) is 12.1 Å². The molecule has 0 saturated heterocycles. The first-order valence-electron chi connectivity index (χ1n) is 5.64. The van der Waals surface area contributed by atoms with Crippen molar-refractivity contribution in [2.24, 2.45) is 0 Å². The highest BCUT2D eigenvalue weighted by atomic mass is 35.5. The summed E-state index contributed by atoms with van der Waals surface area (Å²) in [6, 6.07) is 4.90. The number of rotatable bonds is 4. The minimum absolute atomic E-state index is 0.0287. The van der Waals surface area contributed by atoms with E-state index in [9.17, 15) is 9.90 Å². The third kappa shape index (κ3) is 4.20. The Hall–Kier alpha value is -1.26. The zero-order valence-corrected chi connectivity index (χ0v) is 11.5. The summed E-state index contributed by atoms with van der Waals surface area (Å²) in [5.41, 5.74) is 0.608. The summed E-state index contributed by atoms with van der Waals surface area (Å²) in [6.45, 7) is 6.30. The van der Waals surface area contributed by atoms with E-state index < -0.39 is 5.97 Å². The summed E-state index contributed by atoms with van der Waals surface area (Å²) in [4.78, 5) is 12.7. The normalized spacial score (nSPS) is 11.8. The zero-order valence-electron chi connectivity index (χ0n) is 10.8. The van der Waals surface area contributed by atoms with Gasteiger partial charge in [0.25, 0.3) is 0 Å². The molecule has 0 radical (unpaired) electrons. The van der Waals surface area contributed by atoms with Crippen LogP contribution in [0.5, 0.6) is 5.75 Å². The van der Waals surface area contributed by atoms with Crippen LogP contribution in [0.3, 0.4) is 0 Å². The number of aliphatic carboxylic acids is 1. The maximum absolute atomic E-state index is 10.9. The van der Waals surface area contributed by atoms with Gasteiger partial charge in [-0.3, -0.25) is 9.69 Å². The first-order valence-corrected chi connectivity index (χ1v) is 6.02. The van der Waals surface area contributed by atoms with Crippen molar-refractivity contribution < 1.29 is 15.0 Å². The second-order valence-electron chi connectivity index (χ2n) is 5.21. The number of phenolic OH excluding ortho intramolecular Hbond substituents is 1. The number of halogens is 1. The number of benzene rings is 1. The first-order chi connectivity index (χ1) is 8.20. The minimum Gasteiger partial charge on any atom is -0.506 e. The van der Waals surface area contributed by atoms with Gasteiger partial charge < -0.3 is 10.2 Å². The van der Waals surface area contributed by atoms with Gasteiger partial charge >= 0.3 is 5.97 Å². The van der Waals surface area contributed by atoms with Crippen molar-refractivity contribution in [1.29, 1.82) is 0 Å². The Morgan fingerprint density at radius 3 is 2.44 bits per heavy atom. The fourth-order valence-corrected chi connectivity index (χ4v) is 1.77. The molecule has 1 aromatic rings. The molecule has 1 rings (SSSR count). The highest BCUT2D eigenvalue weighted by Gasteiger charge is 2.23. The summed E-state index contributed by atoms with van der Waals surface area (Å²) in [7, 11) is 0. The van der Waals surface area contributed by atoms with Gasteiger partial charge in [0, 0.05) is 12.1 Å². The molecular formula is C13H18ClNO3. The number of phenols is 1. The lowest BCUT2D eigenvalue weighted by atomic mass is 10.0. The van der Waals surface area contributed by atoms with Gasteiger partial charge in [0.05, 0.1) is 11.6 Å². The standard InChI is InChI=1S/C13H18ClNO3/c1-13(2,3)15(8-12(17)18)7-9-4-5-11(16)10(14)6-9/h4-6,16H,7-8H2,1-3H3,(H,17,18). The van der Waals surface area contributed by atoms with Gasteiger partial charge in [-0.15, -0.1) is 0 Å². The molecule has 18 heavy (non-hydrogen) atoms. The third-order valence-electron chi connectivity index (χ3n) is 2.66. The van der Waals surface area contributed by atoms with Crippen molar-refractivity contribution in [3.8, 4) is 5.75 Å². The molecule has 2 N–H and O–H groups in total. The molecule has 5 heteroatoms. The summed E-state index contributed by atoms with van der Waals surface area (Å²) >= 11 is 5.83. The van der Waals surface area contributed by atoms with Gasteiger partial charge in [0.1, 0.15) is 5.75 Å². The van der Waals surface area contributed by atoms with Crippen molar-refractivity contribution in [1.82, 2.24) is 4.90 Å². The molecule has 0 heterocycles. The molecular weight excluding hydrogens is 254 g/mol. The van der Waals surface area contributed by atoms with Gasteiger partial charge in [-0.1, -0.05) is 17.7 Å². The van der Waals surface area contributed by atoms with Gasteiger partial charge in [0.15, 0.2) is 0 Å². The van der Waals surface area contributed by atoms with Crippen LogP contribution in [0.15, 0.2) is 18.2 Å². The van der Waals surface area contributed by atoms with Crippen LogP contribution in [-0.4, -0.2) is 33.2 Å². The number of hydrogen-bond donors (Lipinski definition) is 2. The molecule has 0 aliphatic carbocycles. The number of hydrogen-bond acceptors (Lipinski definition) is 3. The van der Waals surface area contributed by atoms with E-state index in [0.29, 0.717) is 6.54 Å². The average molecular weight is 272 g/mol. The van der Waals surface area contributed by atoms with Gasteiger partial charge in [-0.05, 0) is 38.5 Å². The molecule has 0 bridgehead atoms. The van der Waals surface area contributed by atoms with Crippen molar-refractivity contribution in [3.05, 3.63) is 28.8 Å². The van der Waals surface area contributed by atoms with Crippen molar-refractivity contribution >= 4 is 17.6 Å². The maximum atomic E-state index is 10.9. The van der Waals surface area contributed by atoms with Crippen LogP contribution in [0.2, 0.25) is 5.02 Å². The predicted molar refractivity (Wildman–Crippen MR) is 70.9 cm³/mol. The van der Waals surface area contributed by atoms with Crippen molar-refractivity contribution in [2.45, 2.75) is 32.9 Å². The van der Waals surface area contributed by atoms with Crippen LogP contribution >= 0.6 is 11.6 Å². The lowest BCUT2D eigenvalue weighted by Gasteiger charge is -2.34. The quantitative estimate of drug-likeness (QED) is 0.884. The zero-order chi connectivity index (χ0) is 13.9. The minimum atomic E-state index is -0.866. The molecule has 0 aliphatic heterocycles. The Bertz CT molecular complexity index is 440. The fourth-order valence-electron chi connectivity index (χ4n) is 1.56. The van der Waals surface area contributed by atoms with Crippen LogP contribution in [-0.2, 0) is 11.3 Å². The van der Waals surface area contributed by atoms with Crippen LogP contribution in [0.4, 0.5) is 0 Å². The van der Waals surface area contributed by atoms with Crippen LogP contribution < -0.4 is 0 Å². The first kappa shape index (κ1) is 14.8. The van der Waals surface area contributed by atoms with Crippen LogP contribution in [0.1, 0.15) is 26.3 Å². The number of carboxylic acid groups (broad SMARTS) is 1. The topological polar surface area (TPSA) is 60.8 Å². The van der Waals surface area contributed by atoms with E-state index in [-0.39, 0.29) is 22.9 Å². The Morgan fingerprint density at radius 1 is 1.39 bits per heavy atom. The monoisotopic (exact) mass is 271 g/mol. The van der Waals surface area contributed by atoms with Crippen LogP contribution in [0, 0.1) is 0 Å². The molecule has 0 saturated carbocycles. The molecule has 0 spiro atoms. The predicted octanol–water partition coefficient (Wildman–Crippen LogP) is 2.73. The van der Waals surface area contributed by atoms with Gasteiger partial charge in [0.2, 0.25) is 0 Å². The van der Waals surface area contributed by atoms with Crippen LogP contribution in [0.25, 0.3) is 0 Å².